The largest absolute Gasteiger partial charge is 0.469 e. The summed E-state index contributed by atoms with van der Waals surface area (Å²) in [5, 5.41) is 9.85. The van der Waals surface area contributed by atoms with Crippen LogP contribution in [0, 0.1) is 5.92 Å². The first-order chi connectivity index (χ1) is 9.05. The predicted octanol–water partition coefficient (Wildman–Crippen LogP) is -0.0637. The van der Waals surface area contributed by atoms with Gasteiger partial charge in [-0.15, -0.1) is 0 Å². The number of piperidine rings is 2. The van der Waals surface area contributed by atoms with Crippen molar-refractivity contribution in [1.82, 2.24) is 4.90 Å². The van der Waals surface area contributed by atoms with Crippen LogP contribution in [0.5, 0.6) is 0 Å². The van der Waals surface area contributed by atoms with Gasteiger partial charge in [0.05, 0.1) is 32.8 Å². The van der Waals surface area contributed by atoms with Gasteiger partial charge in [0.2, 0.25) is 0 Å². The van der Waals surface area contributed by atoms with Crippen molar-refractivity contribution in [2.75, 3.05) is 20.8 Å². The Hall–Kier alpha value is -1.14. The number of hydrogen-bond donors (Lipinski definition) is 1. The number of aliphatic hydroxyl groups excluding tert-OH is 1. The molecule has 0 saturated carbocycles. The number of aliphatic hydroxyl groups is 1. The van der Waals surface area contributed by atoms with E-state index in [2.05, 4.69) is 4.90 Å². The molecule has 2 aliphatic heterocycles. The van der Waals surface area contributed by atoms with Crippen LogP contribution in [0.15, 0.2) is 0 Å². The Bertz CT molecular complexity index is 343. The Morgan fingerprint density at radius 3 is 2.16 bits per heavy atom. The molecule has 19 heavy (non-hydrogen) atoms. The Kier molecular flexibility index (Phi) is 4.42. The molecule has 2 bridgehead atoms. The van der Waals surface area contributed by atoms with Crippen molar-refractivity contribution >= 4 is 11.9 Å². The summed E-state index contributed by atoms with van der Waals surface area (Å²) < 4.78 is 9.51. The van der Waals surface area contributed by atoms with Gasteiger partial charge in [0.25, 0.3) is 0 Å². The van der Waals surface area contributed by atoms with E-state index in [4.69, 9.17) is 9.47 Å². The summed E-state index contributed by atoms with van der Waals surface area (Å²) >= 11 is 0. The van der Waals surface area contributed by atoms with Gasteiger partial charge >= 0.3 is 11.9 Å². The molecule has 0 amide bonds. The van der Waals surface area contributed by atoms with Gasteiger partial charge in [-0.2, -0.15) is 0 Å². The summed E-state index contributed by atoms with van der Waals surface area (Å²) in [6.45, 7) is 0.229. The van der Waals surface area contributed by atoms with Gasteiger partial charge in [0.15, 0.2) is 0 Å². The molecule has 0 aromatic carbocycles. The minimum absolute atomic E-state index is 0.0469. The number of carbonyl (C=O) groups excluding carboxylic acids is 2. The number of fused-ring (bicyclic) bond motifs is 2. The van der Waals surface area contributed by atoms with Crippen molar-refractivity contribution in [3.63, 3.8) is 0 Å². The zero-order chi connectivity index (χ0) is 14.0. The van der Waals surface area contributed by atoms with Crippen LogP contribution in [-0.4, -0.2) is 60.9 Å². The molecule has 6 nitrogen and oxygen atoms in total. The maximum Gasteiger partial charge on any atom is 0.319 e. The van der Waals surface area contributed by atoms with E-state index in [1.807, 2.05) is 0 Å². The molecule has 2 heterocycles. The summed E-state index contributed by atoms with van der Waals surface area (Å²) in [5.74, 6) is -0.589. The Morgan fingerprint density at radius 2 is 1.68 bits per heavy atom. The van der Waals surface area contributed by atoms with E-state index in [1.165, 1.54) is 14.2 Å². The SMILES string of the molecule is COC(=O)CN1C2CC(O)CC1CC(C(=O)OC)C2. The number of esters is 2. The zero-order valence-electron chi connectivity index (χ0n) is 11.4. The third-order valence-electron chi connectivity index (χ3n) is 4.21. The van der Waals surface area contributed by atoms with Crippen LogP contribution in [-0.2, 0) is 19.1 Å². The Balaban J connectivity index is 2.08. The number of carbonyl (C=O) groups is 2. The zero-order valence-corrected chi connectivity index (χ0v) is 11.4. The van der Waals surface area contributed by atoms with E-state index in [1.54, 1.807) is 0 Å². The maximum atomic E-state index is 11.7. The normalized spacial score (nSPS) is 34.7. The molecule has 0 aromatic heterocycles. The molecular formula is C13H21NO5. The monoisotopic (exact) mass is 271 g/mol. The molecule has 0 aromatic rings. The molecule has 2 rings (SSSR count). The van der Waals surface area contributed by atoms with Crippen molar-refractivity contribution in [3.8, 4) is 0 Å². The van der Waals surface area contributed by atoms with E-state index in [-0.39, 0.29) is 42.6 Å². The number of ether oxygens (including phenoxy) is 2. The molecule has 0 radical (unpaired) electrons. The smallest absolute Gasteiger partial charge is 0.319 e. The van der Waals surface area contributed by atoms with E-state index < -0.39 is 0 Å². The van der Waals surface area contributed by atoms with Gasteiger partial charge in [0.1, 0.15) is 0 Å². The predicted molar refractivity (Wildman–Crippen MR) is 66.3 cm³/mol. The van der Waals surface area contributed by atoms with Gasteiger partial charge < -0.3 is 14.6 Å². The highest BCUT2D eigenvalue weighted by Crippen LogP contribution is 2.37. The average molecular weight is 271 g/mol. The molecule has 2 fully saturated rings. The molecule has 2 atom stereocenters. The fourth-order valence-corrected chi connectivity index (χ4v) is 3.34. The number of hydrogen-bond acceptors (Lipinski definition) is 6. The summed E-state index contributed by atoms with van der Waals surface area (Å²) in [6, 6.07) is 0.0939. The van der Waals surface area contributed by atoms with E-state index in [9.17, 15) is 14.7 Å². The molecule has 1 N–H and O–H groups in total. The number of methoxy groups -OCH3 is 2. The van der Waals surface area contributed by atoms with Crippen LogP contribution in [0.25, 0.3) is 0 Å². The van der Waals surface area contributed by atoms with Crippen molar-refractivity contribution in [3.05, 3.63) is 0 Å². The number of rotatable bonds is 3. The topological polar surface area (TPSA) is 76.1 Å². The Morgan fingerprint density at radius 1 is 1.11 bits per heavy atom. The van der Waals surface area contributed by atoms with Crippen LogP contribution in [0.2, 0.25) is 0 Å². The van der Waals surface area contributed by atoms with Crippen molar-refractivity contribution in [2.24, 2.45) is 5.92 Å². The van der Waals surface area contributed by atoms with Crippen molar-refractivity contribution < 1.29 is 24.2 Å². The highest BCUT2D eigenvalue weighted by molar-refractivity contribution is 5.73. The van der Waals surface area contributed by atoms with Crippen molar-refractivity contribution in [2.45, 2.75) is 43.9 Å². The molecule has 0 aliphatic carbocycles. The standard InChI is InChI=1S/C13H21NO5/c1-18-12(16)7-14-9-3-8(13(17)19-2)4-10(14)6-11(15)5-9/h8-11,15H,3-7H2,1-2H3. The first-order valence-corrected chi connectivity index (χ1v) is 6.63. The van der Waals surface area contributed by atoms with E-state index in [0.717, 1.165) is 0 Å². The quantitative estimate of drug-likeness (QED) is 0.725. The third kappa shape index (κ3) is 3.06. The molecular weight excluding hydrogens is 250 g/mol. The van der Waals surface area contributed by atoms with Crippen LogP contribution < -0.4 is 0 Å². The first kappa shape index (κ1) is 14.3. The minimum atomic E-state index is -0.345. The first-order valence-electron chi connectivity index (χ1n) is 6.63. The second-order valence-corrected chi connectivity index (χ2v) is 5.37. The number of nitrogens with zero attached hydrogens (tertiary/aromatic N) is 1. The van der Waals surface area contributed by atoms with Gasteiger partial charge in [-0.25, -0.2) is 0 Å². The lowest BCUT2D eigenvalue weighted by Gasteiger charge is -2.49. The van der Waals surface area contributed by atoms with Crippen LogP contribution in [0.1, 0.15) is 25.7 Å². The maximum absolute atomic E-state index is 11.7. The molecule has 6 heteroatoms. The average Bonchev–Trinajstić information content (AvgIpc) is 2.38. The lowest BCUT2D eigenvalue weighted by Crippen LogP contribution is -2.57. The summed E-state index contributed by atoms with van der Waals surface area (Å²) in [6.07, 6.45) is 2.12. The highest BCUT2D eigenvalue weighted by atomic mass is 16.5. The molecule has 2 unspecified atom stereocenters. The molecule has 2 aliphatic rings. The third-order valence-corrected chi connectivity index (χ3v) is 4.21. The second kappa shape index (κ2) is 5.88. The summed E-state index contributed by atoms with van der Waals surface area (Å²) in [5.41, 5.74) is 0. The molecule has 108 valence electrons. The van der Waals surface area contributed by atoms with Gasteiger partial charge in [-0.05, 0) is 25.7 Å². The lowest BCUT2D eigenvalue weighted by molar-refractivity contribution is -0.154. The summed E-state index contributed by atoms with van der Waals surface area (Å²) in [4.78, 5) is 25.2. The molecule has 2 saturated heterocycles. The van der Waals surface area contributed by atoms with Crippen LogP contribution >= 0.6 is 0 Å². The minimum Gasteiger partial charge on any atom is -0.469 e. The van der Waals surface area contributed by atoms with Crippen LogP contribution in [0.3, 0.4) is 0 Å². The molecule has 0 spiro atoms. The van der Waals surface area contributed by atoms with Gasteiger partial charge in [-0.3, -0.25) is 14.5 Å². The fraction of sp³-hybridized carbons (Fsp3) is 0.846. The van der Waals surface area contributed by atoms with Gasteiger partial charge in [-0.1, -0.05) is 0 Å². The van der Waals surface area contributed by atoms with E-state index >= 15 is 0 Å². The van der Waals surface area contributed by atoms with E-state index in [0.29, 0.717) is 25.7 Å². The van der Waals surface area contributed by atoms with Gasteiger partial charge in [0, 0.05) is 12.1 Å². The van der Waals surface area contributed by atoms with Crippen molar-refractivity contribution in [1.29, 1.82) is 0 Å². The second-order valence-electron chi connectivity index (χ2n) is 5.37. The lowest BCUT2D eigenvalue weighted by atomic mass is 9.77. The van der Waals surface area contributed by atoms with Crippen LogP contribution in [0.4, 0.5) is 0 Å². The fourth-order valence-electron chi connectivity index (χ4n) is 3.34. The Labute approximate surface area is 112 Å². The highest BCUT2D eigenvalue weighted by Gasteiger charge is 2.44. The summed E-state index contributed by atoms with van der Waals surface area (Å²) in [7, 11) is 2.77.